The molecule has 1 aromatic carbocycles. The monoisotopic (exact) mass is 300 g/mol. The van der Waals surface area contributed by atoms with Gasteiger partial charge in [-0.05, 0) is 26.0 Å². The van der Waals surface area contributed by atoms with Gasteiger partial charge in [0.2, 0.25) is 5.91 Å². The van der Waals surface area contributed by atoms with Crippen LogP contribution < -0.4 is 4.90 Å². The molecule has 0 radical (unpaired) electrons. The molecule has 0 atom stereocenters. The highest BCUT2D eigenvalue weighted by molar-refractivity contribution is 6.16. The largest absolute Gasteiger partial charge is 0.418 e. The van der Waals surface area contributed by atoms with Crippen LogP contribution in [0.1, 0.15) is 25.8 Å². The number of rotatable bonds is 2. The molecular weight excluding hydrogens is 285 g/mol. The van der Waals surface area contributed by atoms with Crippen LogP contribution in [-0.4, -0.2) is 29.4 Å². The number of nitrogens with zero attached hydrogens (tertiary/aromatic N) is 2. The molecule has 0 unspecified atom stereocenters. The van der Waals surface area contributed by atoms with E-state index >= 15 is 0 Å². The van der Waals surface area contributed by atoms with Crippen molar-refractivity contribution >= 4 is 17.6 Å². The third-order valence-electron chi connectivity index (χ3n) is 3.33. The van der Waals surface area contributed by atoms with Gasteiger partial charge < -0.3 is 4.90 Å². The second kappa shape index (κ2) is 5.38. The molecule has 0 bridgehead atoms. The zero-order valence-corrected chi connectivity index (χ0v) is 11.6. The van der Waals surface area contributed by atoms with Crippen LogP contribution in [0.4, 0.5) is 23.7 Å². The average molecular weight is 300 g/mol. The summed E-state index contributed by atoms with van der Waals surface area (Å²) in [4.78, 5) is 26.3. The van der Waals surface area contributed by atoms with Gasteiger partial charge >= 0.3 is 12.2 Å². The molecule has 21 heavy (non-hydrogen) atoms. The Morgan fingerprint density at radius 3 is 2.33 bits per heavy atom. The summed E-state index contributed by atoms with van der Waals surface area (Å²) in [5, 5.41) is 0. The number of amides is 3. The molecule has 1 fully saturated rings. The third kappa shape index (κ3) is 2.86. The van der Waals surface area contributed by atoms with Gasteiger partial charge in [-0.2, -0.15) is 13.2 Å². The van der Waals surface area contributed by atoms with Crippen molar-refractivity contribution in [1.29, 1.82) is 0 Å². The van der Waals surface area contributed by atoms with Gasteiger partial charge in [-0.3, -0.25) is 4.79 Å². The fourth-order valence-corrected chi connectivity index (χ4v) is 2.28. The van der Waals surface area contributed by atoms with E-state index in [4.69, 9.17) is 0 Å². The number of urea groups is 1. The van der Waals surface area contributed by atoms with E-state index in [-0.39, 0.29) is 19.0 Å². The maximum absolute atomic E-state index is 13.1. The molecule has 1 heterocycles. The van der Waals surface area contributed by atoms with Crippen LogP contribution in [0.3, 0.4) is 0 Å². The molecule has 1 aromatic rings. The minimum atomic E-state index is -4.63. The molecule has 0 aromatic heterocycles. The number of para-hydroxylation sites is 1. The molecule has 0 spiro atoms. The first kappa shape index (κ1) is 15.3. The van der Waals surface area contributed by atoms with E-state index in [0.29, 0.717) is 4.90 Å². The minimum absolute atomic E-state index is 0.0100. The molecule has 3 amide bonds. The summed E-state index contributed by atoms with van der Waals surface area (Å²) in [5.41, 5.74) is -1.40. The van der Waals surface area contributed by atoms with E-state index in [1.54, 1.807) is 13.8 Å². The smallest absolute Gasteiger partial charge is 0.321 e. The van der Waals surface area contributed by atoms with E-state index in [2.05, 4.69) is 0 Å². The Morgan fingerprint density at radius 2 is 1.76 bits per heavy atom. The standard InChI is InChI=1S/C14H15F3N2O2/c1-9(2)18-8-7-12(20)19(13(18)21)11-6-4-3-5-10(11)14(15,16)17/h3-6,9H,7-8H2,1-2H3. The summed E-state index contributed by atoms with van der Waals surface area (Å²) in [6, 6.07) is 3.71. The van der Waals surface area contributed by atoms with Crippen LogP contribution >= 0.6 is 0 Å². The Balaban J connectivity index is 2.49. The first-order valence-corrected chi connectivity index (χ1v) is 6.53. The van der Waals surface area contributed by atoms with Gasteiger partial charge in [-0.1, -0.05) is 12.1 Å². The summed E-state index contributed by atoms with van der Waals surface area (Å²) < 4.78 is 39.2. The first-order valence-electron chi connectivity index (χ1n) is 6.53. The number of halogens is 3. The number of alkyl halides is 3. The Hall–Kier alpha value is -2.05. The highest BCUT2D eigenvalue weighted by Gasteiger charge is 2.40. The lowest BCUT2D eigenvalue weighted by atomic mass is 10.1. The maximum Gasteiger partial charge on any atom is 0.418 e. The fraction of sp³-hybridized carbons (Fsp3) is 0.429. The number of benzene rings is 1. The minimum Gasteiger partial charge on any atom is -0.321 e. The molecule has 0 aliphatic carbocycles. The molecule has 114 valence electrons. The van der Waals surface area contributed by atoms with Crippen molar-refractivity contribution in [2.75, 3.05) is 11.4 Å². The summed E-state index contributed by atoms with van der Waals surface area (Å²) in [7, 11) is 0. The van der Waals surface area contributed by atoms with Crippen molar-refractivity contribution in [1.82, 2.24) is 4.90 Å². The van der Waals surface area contributed by atoms with Crippen LogP contribution in [0.25, 0.3) is 0 Å². The Labute approximate surface area is 120 Å². The average Bonchev–Trinajstić information content (AvgIpc) is 2.37. The van der Waals surface area contributed by atoms with Crippen LogP contribution in [0.15, 0.2) is 24.3 Å². The van der Waals surface area contributed by atoms with Crippen molar-refractivity contribution in [3.8, 4) is 0 Å². The van der Waals surface area contributed by atoms with Gasteiger partial charge in [0.15, 0.2) is 0 Å². The van der Waals surface area contributed by atoms with Crippen LogP contribution in [0.5, 0.6) is 0 Å². The third-order valence-corrected chi connectivity index (χ3v) is 3.33. The maximum atomic E-state index is 13.1. The SMILES string of the molecule is CC(C)N1CCC(=O)N(c2ccccc2C(F)(F)F)C1=O. The van der Waals surface area contributed by atoms with Crippen molar-refractivity contribution in [2.24, 2.45) is 0 Å². The molecule has 0 saturated carbocycles. The highest BCUT2D eigenvalue weighted by Crippen LogP contribution is 2.37. The zero-order valence-electron chi connectivity index (χ0n) is 11.6. The Kier molecular flexibility index (Phi) is 3.93. The molecule has 1 aliphatic rings. The summed E-state index contributed by atoms with van der Waals surface area (Å²) in [6.45, 7) is 3.73. The highest BCUT2D eigenvalue weighted by atomic mass is 19.4. The molecule has 0 N–H and O–H groups in total. The summed E-state index contributed by atoms with van der Waals surface area (Å²) in [6.07, 6.45) is -4.62. The molecule has 2 rings (SSSR count). The predicted octanol–water partition coefficient (Wildman–Crippen LogP) is 3.27. The normalized spacial score (nSPS) is 16.9. The van der Waals surface area contributed by atoms with Crippen LogP contribution in [0, 0.1) is 0 Å². The van der Waals surface area contributed by atoms with Crippen LogP contribution in [-0.2, 0) is 11.0 Å². The first-order chi connectivity index (χ1) is 9.73. The number of anilines is 1. The lowest BCUT2D eigenvalue weighted by Gasteiger charge is -2.37. The number of carbonyl (C=O) groups is 2. The quantitative estimate of drug-likeness (QED) is 0.841. The van der Waals surface area contributed by atoms with Crippen molar-refractivity contribution in [3.05, 3.63) is 29.8 Å². The Bertz CT molecular complexity index is 570. The van der Waals surface area contributed by atoms with Crippen molar-refractivity contribution in [2.45, 2.75) is 32.5 Å². The van der Waals surface area contributed by atoms with Gasteiger partial charge in [-0.15, -0.1) is 0 Å². The number of hydrogen-bond acceptors (Lipinski definition) is 2. The van der Waals surface area contributed by atoms with Crippen molar-refractivity contribution in [3.63, 3.8) is 0 Å². The van der Waals surface area contributed by atoms with Gasteiger partial charge in [0.1, 0.15) is 0 Å². The van der Waals surface area contributed by atoms with Crippen molar-refractivity contribution < 1.29 is 22.8 Å². The fourth-order valence-electron chi connectivity index (χ4n) is 2.28. The Morgan fingerprint density at radius 1 is 1.14 bits per heavy atom. The second-order valence-corrected chi connectivity index (χ2v) is 5.06. The van der Waals surface area contributed by atoms with Gasteiger partial charge in [0.05, 0.1) is 11.3 Å². The van der Waals surface area contributed by atoms with E-state index < -0.39 is 29.4 Å². The second-order valence-electron chi connectivity index (χ2n) is 5.06. The van der Waals surface area contributed by atoms with E-state index in [0.717, 1.165) is 12.1 Å². The summed E-state index contributed by atoms with van der Waals surface area (Å²) >= 11 is 0. The van der Waals surface area contributed by atoms with Gasteiger partial charge in [0, 0.05) is 19.0 Å². The van der Waals surface area contributed by atoms with Gasteiger partial charge in [-0.25, -0.2) is 9.69 Å². The molecule has 1 aliphatic heterocycles. The number of carbonyl (C=O) groups excluding carboxylic acids is 2. The number of hydrogen-bond donors (Lipinski definition) is 0. The molecule has 7 heteroatoms. The van der Waals surface area contributed by atoms with Gasteiger partial charge in [0.25, 0.3) is 0 Å². The number of imide groups is 1. The molecule has 4 nitrogen and oxygen atoms in total. The predicted molar refractivity (Wildman–Crippen MR) is 70.8 cm³/mol. The molecular formula is C14H15F3N2O2. The lowest BCUT2D eigenvalue weighted by Crippen LogP contribution is -2.55. The molecule has 1 saturated heterocycles. The van der Waals surface area contributed by atoms with Crippen LogP contribution in [0.2, 0.25) is 0 Å². The van der Waals surface area contributed by atoms with E-state index in [1.165, 1.54) is 17.0 Å². The topological polar surface area (TPSA) is 40.6 Å². The summed E-state index contributed by atoms with van der Waals surface area (Å²) in [5.74, 6) is -0.617. The van der Waals surface area contributed by atoms with E-state index in [1.807, 2.05) is 0 Å². The zero-order chi connectivity index (χ0) is 15.8. The lowest BCUT2D eigenvalue weighted by molar-refractivity contribution is -0.137. The van der Waals surface area contributed by atoms with E-state index in [9.17, 15) is 22.8 Å².